The molecule has 0 amide bonds. The maximum absolute atomic E-state index is 8.73. The van der Waals surface area contributed by atoms with Crippen LogP contribution in [-0.2, 0) is 6.42 Å². The van der Waals surface area contributed by atoms with Crippen molar-refractivity contribution < 1.29 is 0 Å². The Morgan fingerprint density at radius 3 is 3.00 bits per heavy atom. The Morgan fingerprint density at radius 1 is 1.50 bits per heavy atom. The average molecular weight is 334 g/mol. The lowest BCUT2D eigenvalue weighted by Gasteiger charge is -2.01. The van der Waals surface area contributed by atoms with Crippen molar-refractivity contribution in [1.82, 2.24) is 0 Å². The minimum Gasteiger partial charge on any atom is -0.198 e. The van der Waals surface area contributed by atoms with E-state index in [0.29, 0.717) is 6.42 Å². The number of benzene rings is 1. The molecular weight excluding hydrogens is 329 g/mol. The molecule has 70 valence electrons. The summed E-state index contributed by atoms with van der Waals surface area (Å²) in [7, 11) is 0. The summed E-state index contributed by atoms with van der Waals surface area (Å²) in [6.45, 7) is 0. The predicted molar refractivity (Wildman–Crippen MR) is 68.9 cm³/mol. The van der Waals surface area contributed by atoms with Crippen LogP contribution < -0.4 is 0 Å². The smallest absolute Gasteiger partial charge is 0.0670 e. The zero-order chi connectivity index (χ0) is 10.1. The van der Waals surface area contributed by atoms with Crippen molar-refractivity contribution in [3.63, 3.8) is 0 Å². The Kier molecular flexibility index (Phi) is 2.96. The zero-order valence-corrected chi connectivity index (χ0v) is 10.8. The summed E-state index contributed by atoms with van der Waals surface area (Å²) in [6, 6.07) is 6.20. The van der Waals surface area contributed by atoms with Gasteiger partial charge in [0.05, 0.1) is 17.5 Å². The number of thiophene rings is 1. The van der Waals surface area contributed by atoms with E-state index in [1.54, 1.807) is 11.3 Å². The fraction of sp³-hybridized carbons (Fsp3) is 0.100. The van der Waals surface area contributed by atoms with E-state index < -0.39 is 0 Å². The van der Waals surface area contributed by atoms with Gasteiger partial charge in [0.1, 0.15) is 0 Å². The minimum absolute atomic E-state index is 0.451. The van der Waals surface area contributed by atoms with Crippen molar-refractivity contribution in [1.29, 1.82) is 5.26 Å². The molecule has 0 saturated heterocycles. The average Bonchev–Trinajstić information content (AvgIpc) is 2.53. The Morgan fingerprint density at radius 2 is 2.29 bits per heavy atom. The fourth-order valence-electron chi connectivity index (χ4n) is 1.34. The third-order valence-corrected chi connectivity index (χ3v) is 4.51. The molecule has 4 heteroatoms. The summed E-state index contributed by atoms with van der Waals surface area (Å²) in [6.07, 6.45) is 0.451. The first-order chi connectivity index (χ1) is 6.74. The first kappa shape index (κ1) is 10.2. The van der Waals surface area contributed by atoms with Gasteiger partial charge in [0.25, 0.3) is 0 Å². The molecule has 0 radical (unpaired) electrons. The second kappa shape index (κ2) is 4.05. The SMILES string of the molecule is N#CCc1c(I)ccc2c(Cl)csc12. The zero-order valence-electron chi connectivity index (χ0n) is 7.05. The second-order valence-electron chi connectivity index (χ2n) is 2.82. The van der Waals surface area contributed by atoms with Crippen LogP contribution in [0.15, 0.2) is 17.5 Å². The molecule has 1 nitrogen and oxygen atoms in total. The van der Waals surface area contributed by atoms with Gasteiger partial charge in [-0.15, -0.1) is 11.3 Å². The second-order valence-corrected chi connectivity index (χ2v) is 5.27. The van der Waals surface area contributed by atoms with E-state index in [1.807, 2.05) is 17.5 Å². The number of rotatable bonds is 1. The van der Waals surface area contributed by atoms with E-state index in [2.05, 4.69) is 28.7 Å². The van der Waals surface area contributed by atoms with Gasteiger partial charge >= 0.3 is 0 Å². The van der Waals surface area contributed by atoms with Gasteiger partial charge in [0.2, 0.25) is 0 Å². The molecule has 0 bridgehead atoms. The maximum atomic E-state index is 8.73. The Bertz CT molecular complexity index is 527. The van der Waals surface area contributed by atoms with Gasteiger partial charge in [0, 0.05) is 19.0 Å². The van der Waals surface area contributed by atoms with Crippen molar-refractivity contribution in [2.75, 3.05) is 0 Å². The topological polar surface area (TPSA) is 23.8 Å². The lowest BCUT2D eigenvalue weighted by Crippen LogP contribution is -1.86. The summed E-state index contributed by atoms with van der Waals surface area (Å²) in [5, 5.41) is 12.5. The number of hydrogen-bond donors (Lipinski definition) is 0. The fourth-order valence-corrected chi connectivity index (χ4v) is 3.49. The standard InChI is InChI=1S/C10H5ClINS/c11-8-5-14-10-6(8)1-2-9(12)7(10)3-4-13/h1-2,5H,3H2. The molecule has 0 N–H and O–H groups in total. The molecule has 0 aliphatic carbocycles. The lowest BCUT2D eigenvalue weighted by molar-refractivity contribution is 1.28. The Balaban J connectivity index is 2.78. The van der Waals surface area contributed by atoms with Gasteiger partial charge in [-0.2, -0.15) is 5.26 Å². The van der Waals surface area contributed by atoms with Crippen molar-refractivity contribution >= 4 is 55.6 Å². The summed E-state index contributed by atoms with van der Waals surface area (Å²) in [5.74, 6) is 0. The van der Waals surface area contributed by atoms with Crippen molar-refractivity contribution in [2.45, 2.75) is 6.42 Å². The molecule has 1 aromatic heterocycles. The molecule has 0 unspecified atom stereocenters. The van der Waals surface area contributed by atoms with Crippen LogP contribution in [0.5, 0.6) is 0 Å². The molecule has 2 rings (SSSR count). The van der Waals surface area contributed by atoms with Gasteiger partial charge in [-0.3, -0.25) is 0 Å². The maximum Gasteiger partial charge on any atom is 0.0670 e. The molecule has 1 aromatic carbocycles. The molecular formula is C10H5ClINS. The summed E-state index contributed by atoms with van der Waals surface area (Å²) in [5.41, 5.74) is 1.10. The van der Waals surface area contributed by atoms with Crippen LogP contribution in [0.1, 0.15) is 5.56 Å². The number of halogens is 2. The number of hydrogen-bond acceptors (Lipinski definition) is 2. The van der Waals surface area contributed by atoms with Crippen LogP contribution >= 0.6 is 45.5 Å². The largest absolute Gasteiger partial charge is 0.198 e. The van der Waals surface area contributed by atoms with Crippen molar-refractivity contribution in [2.24, 2.45) is 0 Å². The van der Waals surface area contributed by atoms with Crippen LogP contribution in [-0.4, -0.2) is 0 Å². The minimum atomic E-state index is 0.451. The van der Waals surface area contributed by atoms with E-state index in [1.165, 1.54) is 0 Å². The molecule has 1 heterocycles. The van der Waals surface area contributed by atoms with E-state index in [9.17, 15) is 0 Å². The monoisotopic (exact) mass is 333 g/mol. The summed E-state index contributed by atoms with van der Waals surface area (Å²) < 4.78 is 2.28. The van der Waals surface area contributed by atoms with Crippen LogP contribution in [0.25, 0.3) is 10.1 Å². The predicted octanol–water partition coefficient (Wildman–Crippen LogP) is 4.23. The van der Waals surface area contributed by atoms with Crippen molar-refractivity contribution in [3.05, 3.63) is 31.7 Å². The highest BCUT2D eigenvalue weighted by Gasteiger charge is 2.09. The van der Waals surface area contributed by atoms with E-state index >= 15 is 0 Å². The highest BCUT2D eigenvalue weighted by molar-refractivity contribution is 14.1. The molecule has 14 heavy (non-hydrogen) atoms. The van der Waals surface area contributed by atoms with Crippen LogP contribution in [0, 0.1) is 14.9 Å². The van der Waals surface area contributed by atoms with Gasteiger partial charge in [0.15, 0.2) is 0 Å². The Hall–Kier alpha value is -0.310. The van der Waals surface area contributed by atoms with Gasteiger partial charge < -0.3 is 0 Å². The third kappa shape index (κ3) is 1.62. The Labute approximate surface area is 104 Å². The summed E-state index contributed by atoms with van der Waals surface area (Å²) in [4.78, 5) is 0. The summed E-state index contributed by atoms with van der Waals surface area (Å²) >= 11 is 9.88. The van der Waals surface area contributed by atoms with Crippen LogP contribution in [0.4, 0.5) is 0 Å². The molecule has 0 spiro atoms. The first-order valence-electron chi connectivity index (χ1n) is 3.95. The van der Waals surface area contributed by atoms with E-state index in [0.717, 1.165) is 24.2 Å². The number of nitriles is 1. The molecule has 0 fully saturated rings. The molecule has 0 aliphatic heterocycles. The first-order valence-corrected chi connectivity index (χ1v) is 6.28. The van der Waals surface area contributed by atoms with E-state index in [4.69, 9.17) is 16.9 Å². The quantitative estimate of drug-likeness (QED) is 0.717. The third-order valence-electron chi connectivity index (χ3n) is 2.00. The van der Waals surface area contributed by atoms with E-state index in [-0.39, 0.29) is 0 Å². The normalized spacial score (nSPS) is 10.4. The van der Waals surface area contributed by atoms with Gasteiger partial charge in [-0.05, 0) is 34.2 Å². The van der Waals surface area contributed by atoms with Crippen LogP contribution in [0.2, 0.25) is 5.02 Å². The number of fused-ring (bicyclic) bond motifs is 1. The van der Waals surface area contributed by atoms with Crippen LogP contribution in [0.3, 0.4) is 0 Å². The van der Waals surface area contributed by atoms with Gasteiger partial charge in [-0.25, -0.2) is 0 Å². The van der Waals surface area contributed by atoms with Crippen molar-refractivity contribution in [3.8, 4) is 6.07 Å². The molecule has 2 aromatic rings. The molecule has 0 atom stereocenters. The highest BCUT2D eigenvalue weighted by atomic mass is 127. The molecule has 0 saturated carbocycles. The highest BCUT2D eigenvalue weighted by Crippen LogP contribution is 2.34. The lowest BCUT2D eigenvalue weighted by atomic mass is 10.1. The number of nitrogens with zero attached hydrogens (tertiary/aromatic N) is 1. The van der Waals surface area contributed by atoms with Gasteiger partial charge in [-0.1, -0.05) is 17.7 Å². The molecule has 0 aliphatic rings.